The predicted molar refractivity (Wildman–Crippen MR) is 64.4 cm³/mol. The Morgan fingerprint density at radius 2 is 1.82 bits per heavy atom. The maximum Gasteiger partial charge on any atom is 0.348 e. The summed E-state index contributed by atoms with van der Waals surface area (Å²) in [4.78, 5) is 11.4. The van der Waals surface area contributed by atoms with Crippen molar-refractivity contribution in [3.8, 4) is 0 Å². The van der Waals surface area contributed by atoms with Gasteiger partial charge >= 0.3 is 5.97 Å². The molecule has 0 aromatic heterocycles. The van der Waals surface area contributed by atoms with Crippen molar-refractivity contribution in [1.82, 2.24) is 0 Å². The predicted octanol–water partition coefficient (Wildman–Crippen LogP) is 3.20. The van der Waals surface area contributed by atoms with Crippen molar-refractivity contribution in [2.75, 3.05) is 7.11 Å². The Morgan fingerprint density at radius 3 is 2.47 bits per heavy atom. The SMILES string of the molecule is COC(=O)[C@@](C)(F)c1ccc2ccccc2c1. The number of carbonyl (C=O) groups is 1. The average molecular weight is 232 g/mol. The molecule has 17 heavy (non-hydrogen) atoms. The smallest absolute Gasteiger partial charge is 0.348 e. The van der Waals surface area contributed by atoms with Crippen LogP contribution in [-0.4, -0.2) is 13.1 Å². The summed E-state index contributed by atoms with van der Waals surface area (Å²) in [6.45, 7) is 1.21. The number of benzene rings is 2. The van der Waals surface area contributed by atoms with Gasteiger partial charge in [-0.25, -0.2) is 9.18 Å². The second kappa shape index (κ2) is 4.17. The van der Waals surface area contributed by atoms with Crippen LogP contribution in [0, 0.1) is 0 Å². The molecule has 0 amide bonds. The molecule has 2 aromatic carbocycles. The number of alkyl halides is 1. The zero-order chi connectivity index (χ0) is 12.5. The lowest BCUT2D eigenvalue weighted by Crippen LogP contribution is -2.28. The maximum atomic E-state index is 14.3. The zero-order valence-electron chi connectivity index (χ0n) is 9.74. The summed E-state index contributed by atoms with van der Waals surface area (Å²) in [5.74, 6) is -0.882. The van der Waals surface area contributed by atoms with E-state index in [1.54, 1.807) is 18.2 Å². The molecule has 0 radical (unpaired) electrons. The fourth-order valence-corrected chi connectivity index (χ4v) is 1.79. The van der Waals surface area contributed by atoms with Gasteiger partial charge < -0.3 is 4.74 Å². The van der Waals surface area contributed by atoms with Crippen LogP contribution in [0.4, 0.5) is 4.39 Å². The molecule has 0 spiro atoms. The highest BCUT2D eigenvalue weighted by Crippen LogP contribution is 2.29. The van der Waals surface area contributed by atoms with E-state index in [1.807, 2.05) is 24.3 Å². The molecule has 0 bridgehead atoms. The molecule has 0 N–H and O–H groups in total. The highest BCUT2D eigenvalue weighted by atomic mass is 19.1. The fraction of sp³-hybridized carbons (Fsp3) is 0.214. The van der Waals surface area contributed by atoms with Gasteiger partial charge in [-0.2, -0.15) is 0 Å². The van der Waals surface area contributed by atoms with Crippen molar-refractivity contribution < 1.29 is 13.9 Å². The highest BCUT2D eigenvalue weighted by Gasteiger charge is 2.36. The molecule has 3 heteroatoms. The second-order valence-electron chi connectivity index (χ2n) is 4.06. The van der Waals surface area contributed by atoms with Crippen molar-refractivity contribution in [3.05, 3.63) is 48.0 Å². The van der Waals surface area contributed by atoms with Crippen molar-refractivity contribution >= 4 is 16.7 Å². The molecular formula is C14H13FO2. The number of halogens is 1. The summed E-state index contributed by atoms with van der Waals surface area (Å²) in [6.07, 6.45) is 0. The van der Waals surface area contributed by atoms with Gasteiger partial charge in [-0.3, -0.25) is 0 Å². The van der Waals surface area contributed by atoms with Gasteiger partial charge in [-0.05, 0) is 23.8 Å². The topological polar surface area (TPSA) is 26.3 Å². The monoisotopic (exact) mass is 232 g/mol. The van der Waals surface area contributed by atoms with Crippen LogP contribution in [0.2, 0.25) is 0 Å². The Kier molecular flexibility index (Phi) is 2.84. The molecule has 2 rings (SSSR count). The fourth-order valence-electron chi connectivity index (χ4n) is 1.79. The molecule has 2 aromatic rings. The molecule has 0 heterocycles. The molecule has 2 nitrogen and oxygen atoms in total. The lowest BCUT2D eigenvalue weighted by molar-refractivity contribution is -0.154. The molecular weight excluding hydrogens is 219 g/mol. The first kappa shape index (κ1) is 11.6. The molecule has 0 aliphatic heterocycles. The summed E-state index contributed by atoms with van der Waals surface area (Å²) < 4.78 is 18.7. The van der Waals surface area contributed by atoms with E-state index in [2.05, 4.69) is 4.74 Å². The minimum absolute atomic E-state index is 0.308. The van der Waals surface area contributed by atoms with Gasteiger partial charge in [0.1, 0.15) is 0 Å². The lowest BCUT2D eigenvalue weighted by atomic mass is 9.95. The van der Waals surface area contributed by atoms with Crippen LogP contribution in [0.15, 0.2) is 42.5 Å². The van der Waals surface area contributed by atoms with Gasteiger partial charge in [0.2, 0.25) is 5.67 Å². The second-order valence-corrected chi connectivity index (χ2v) is 4.06. The molecule has 0 saturated carbocycles. The van der Waals surface area contributed by atoms with E-state index in [0.29, 0.717) is 5.56 Å². The molecule has 0 fully saturated rings. The Balaban J connectivity index is 2.53. The van der Waals surface area contributed by atoms with Crippen LogP contribution >= 0.6 is 0 Å². The molecule has 0 aliphatic rings. The first-order valence-corrected chi connectivity index (χ1v) is 5.32. The maximum absolute atomic E-state index is 14.3. The van der Waals surface area contributed by atoms with Crippen molar-refractivity contribution in [3.63, 3.8) is 0 Å². The third-order valence-electron chi connectivity index (χ3n) is 2.86. The standard InChI is InChI=1S/C14H13FO2/c1-14(15,13(16)17-2)12-8-7-10-5-3-4-6-11(10)9-12/h3-9H,1-2H3/t14-/m0/s1. The van der Waals surface area contributed by atoms with E-state index in [9.17, 15) is 9.18 Å². The summed E-state index contributed by atoms with van der Waals surface area (Å²) in [6, 6.07) is 12.7. The van der Waals surface area contributed by atoms with Crippen LogP contribution in [0.5, 0.6) is 0 Å². The van der Waals surface area contributed by atoms with Gasteiger partial charge in [0.15, 0.2) is 0 Å². The quantitative estimate of drug-likeness (QED) is 0.743. The summed E-state index contributed by atoms with van der Waals surface area (Å²) in [7, 11) is 1.18. The Morgan fingerprint density at radius 1 is 1.18 bits per heavy atom. The first-order chi connectivity index (χ1) is 8.05. The number of methoxy groups -OCH3 is 1. The molecule has 0 unspecified atom stereocenters. The van der Waals surface area contributed by atoms with E-state index in [-0.39, 0.29) is 0 Å². The third-order valence-corrected chi connectivity index (χ3v) is 2.86. The van der Waals surface area contributed by atoms with Crippen LogP contribution in [0.1, 0.15) is 12.5 Å². The number of hydrogen-bond acceptors (Lipinski definition) is 2. The minimum Gasteiger partial charge on any atom is -0.466 e. The van der Waals surface area contributed by atoms with Crippen LogP contribution in [0.25, 0.3) is 10.8 Å². The highest BCUT2D eigenvalue weighted by molar-refractivity contribution is 5.86. The molecule has 0 saturated heterocycles. The number of rotatable bonds is 2. The van der Waals surface area contributed by atoms with Crippen molar-refractivity contribution in [2.45, 2.75) is 12.6 Å². The van der Waals surface area contributed by atoms with Crippen LogP contribution < -0.4 is 0 Å². The van der Waals surface area contributed by atoms with E-state index in [4.69, 9.17) is 0 Å². The Labute approximate surface area is 99.0 Å². The van der Waals surface area contributed by atoms with Gasteiger partial charge in [0.25, 0.3) is 0 Å². The summed E-state index contributed by atoms with van der Waals surface area (Å²) in [5.41, 5.74) is -1.80. The number of esters is 1. The number of fused-ring (bicyclic) bond motifs is 1. The van der Waals surface area contributed by atoms with Crippen molar-refractivity contribution in [2.24, 2.45) is 0 Å². The average Bonchev–Trinajstić information content (AvgIpc) is 2.37. The van der Waals surface area contributed by atoms with Gasteiger partial charge in [-0.15, -0.1) is 0 Å². The summed E-state index contributed by atoms with van der Waals surface area (Å²) >= 11 is 0. The van der Waals surface area contributed by atoms with Crippen LogP contribution in [0.3, 0.4) is 0 Å². The molecule has 88 valence electrons. The number of hydrogen-bond donors (Lipinski definition) is 0. The molecule has 0 aliphatic carbocycles. The van der Waals surface area contributed by atoms with Crippen LogP contribution in [-0.2, 0) is 15.2 Å². The Bertz CT molecular complexity index is 561. The minimum atomic E-state index is -2.11. The van der Waals surface area contributed by atoms with Crippen molar-refractivity contribution in [1.29, 1.82) is 0 Å². The largest absolute Gasteiger partial charge is 0.466 e. The van der Waals surface area contributed by atoms with Gasteiger partial charge in [0.05, 0.1) is 7.11 Å². The lowest BCUT2D eigenvalue weighted by Gasteiger charge is -2.18. The Hall–Kier alpha value is -1.90. The normalized spacial score (nSPS) is 14.3. The number of ether oxygens (including phenoxy) is 1. The van der Waals surface area contributed by atoms with Gasteiger partial charge in [-0.1, -0.05) is 36.4 Å². The summed E-state index contributed by atoms with van der Waals surface area (Å²) in [5, 5.41) is 1.91. The van der Waals surface area contributed by atoms with E-state index >= 15 is 0 Å². The van der Waals surface area contributed by atoms with Gasteiger partial charge in [0, 0.05) is 5.56 Å². The molecule has 1 atom stereocenters. The van der Waals surface area contributed by atoms with E-state index in [0.717, 1.165) is 10.8 Å². The zero-order valence-corrected chi connectivity index (χ0v) is 9.74. The van der Waals surface area contributed by atoms with E-state index < -0.39 is 11.6 Å². The first-order valence-electron chi connectivity index (χ1n) is 5.32. The van der Waals surface area contributed by atoms with E-state index in [1.165, 1.54) is 14.0 Å². The third kappa shape index (κ3) is 2.00. The number of carbonyl (C=O) groups excluding carboxylic acids is 1.